The minimum Gasteiger partial charge on any atom is -0.309 e. The molecule has 2 rings (SSSR count). The quantitative estimate of drug-likeness (QED) is 0.834. The third-order valence-electron chi connectivity index (χ3n) is 3.96. The van der Waals surface area contributed by atoms with Gasteiger partial charge in [-0.3, -0.25) is 4.79 Å². The number of H-pyrrole nitrogens is 1. The highest BCUT2D eigenvalue weighted by Gasteiger charge is 2.27. The van der Waals surface area contributed by atoms with E-state index >= 15 is 0 Å². The van der Waals surface area contributed by atoms with Crippen LogP contribution in [0.3, 0.4) is 0 Å². The van der Waals surface area contributed by atoms with Crippen LogP contribution in [0.15, 0.2) is 4.79 Å². The number of hydrogen-bond acceptors (Lipinski definition) is 2. The molecular formula is C14H21IN2O. The van der Waals surface area contributed by atoms with Crippen LogP contribution in [-0.2, 0) is 0 Å². The lowest BCUT2D eigenvalue weighted by molar-refractivity contribution is 0.515. The van der Waals surface area contributed by atoms with Crippen LogP contribution in [-0.4, -0.2) is 9.97 Å². The minimum absolute atomic E-state index is 0.0317. The molecule has 1 aromatic heterocycles. The van der Waals surface area contributed by atoms with Crippen molar-refractivity contribution >= 4 is 22.6 Å². The number of halogens is 1. The molecule has 1 N–H and O–H groups in total. The van der Waals surface area contributed by atoms with Crippen molar-refractivity contribution in [3.63, 3.8) is 0 Å². The molecule has 1 aliphatic carbocycles. The van der Waals surface area contributed by atoms with E-state index in [0.29, 0.717) is 11.8 Å². The summed E-state index contributed by atoms with van der Waals surface area (Å²) in [5, 5.41) is 0. The van der Waals surface area contributed by atoms with Crippen LogP contribution >= 0.6 is 22.6 Å². The van der Waals surface area contributed by atoms with Gasteiger partial charge in [-0.15, -0.1) is 0 Å². The zero-order chi connectivity index (χ0) is 13.3. The SMILES string of the molecule is CCC1CCC(c2nc(C(C)C)c(I)c(=O)[nH]2)C1. The highest BCUT2D eigenvalue weighted by molar-refractivity contribution is 14.1. The summed E-state index contributed by atoms with van der Waals surface area (Å²) in [7, 11) is 0. The molecule has 0 amide bonds. The fourth-order valence-corrected chi connectivity index (χ4v) is 3.64. The summed E-state index contributed by atoms with van der Waals surface area (Å²) < 4.78 is 0.747. The standard InChI is InChI=1S/C14H21IN2O/c1-4-9-5-6-10(7-9)13-16-12(8(2)3)11(15)14(18)17-13/h8-10H,4-7H2,1-3H3,(H,16,17,18). The first-order valence-corrected chi connectivity index (χ1v) is 7.90. The molecule has 18 heavy (non-hydrogen) atoms. The summed E-state index contributed by atoms with van der Waals surface area (Å²) in [6.45, 7) is 6.44. The van der Waals surface area contributed by atoms with Crippen molar-refractivity contribution in [3.8, 4) is 0 Å². The molecule has 1 aromatic rings. The van der Waals surface area contributed by atoms with Crippen molar-refractivity contribution in [2.45, 2.75) is 58.3 Å². The lowest BCUT2D eigenvalue weighted by Crippen LogP contribution is -2.20. The predicted molar refractivity (Wildman–Crippen MR) is 82.0 cm³/mol. The number of aromatic amines is 1. The second kappa shape index (κ2) is 5.72. The molecule has 4 heteroatoms. The molecule has 1 heterocycles. The summed E-state index contributed by atoms with van der Waals surface area (Å²) in [5.74, 6) is 2.49. The predicted octanol–water partition coefficient (Wildman–Crippen LogP) is 3.79. The number of hydrogen-bond donors (Lipinski definition) is 1. The Labute approximate surface area is 122 Å². The number of rotatable bonds is 3. The Kier molecular flexibility index (Phi) is 4.45. The molecular weight excluding hydrogens is 339 g/mol. The first-order chi connectivity index (χ1) is 8.52. The van der Waals surface area contributed by atoms with Crippen LogP contribution in [0, 0.1) is 9.49 Å². The molecule has 1 saturated carbocycles. The molecule has 0 spiro atoms. The average Bonchev–Trinajstić information content (AvgIpc) is 2.80. The Balaban J connectivity index is 2.32. The van der Waals surface area contributed by atoms with E-state index in [-0.39, 0.29) is 5.56 Å². The van der Waals surface area contributed by atoms with Gasteiger partial charge >= 0.3 is 0 Å². The molecule has 0 bridgehead atoms. The maximum atomic E-state index is 12.0. The maximum absolute atomic E-state index is 12.0. The summed E-state index contributed by atoms with van der Waals surface area (Å²) >= 11 is 2.11. The largest absolute Gasteiger partial charge is 0.309 e. The summed E-state index contributed by atoms with van der Waals surface area (Å²) in [4.78, 5) is 19.7. The third kappa shape index (κ3) is 2.78. The van der Waals surface area contributed by atoms with Gasteiger partial charge in [0.05, 0.1) is 9.26 Å². The normalized spacial score (nSPS) is 23.8. The minimum atomic E-state index is 0.0317. The Morgan fingerprint density at radius 3 is 2.72 bits per heavy atom. The lowest BCUT2D eigenvalue weighted by Gasteiger charge is -2.13. The maximum Gasteiger partial charge on any atom is 0.264 e. The first-order valence-electron chi connectivity index (χ1n) is 6.82. The fraction of sp³-hybridized carbons (Fsp3) is 0.714. The Bertz CT molecular complexity index is 481. The molecule has 2 atom stereocenters. The Hall–Kier alpha value is -0.390. The Morgan fingerprint density at radius 1 is 1.44 bits per heavy atom. The van der Waals surface area contributed by atoms with E-state index in [0.717, 1.165) is 21.0 Å². The molecule has 3 nitrogen and oxygen atoms in total. The summed E-state index contributed by atoms with van der Waals surface area (Å²) in [6, 6.07) is 0. The van der Waals surface area contributed by atoms with Gasteiger partial charge in [0, 0.05) is 5.92 Å². The highest BCUT2D eigenvalue weighted by Crippen LogP contribution is 2.38. The van der Waals surface area contributed by atoms with Gasteiger partial charge in [0.1, 0.15) is 5.82 Å². The van der Waals surface area contributed by atoms with E-state index in [1.807, 2.05) is 0 Å². The molecule has 0 aliphatic heterocycles. The van der Waals surface area contributed by atoms with Crippen molar-refractivity contribution < 1.29 is 0 Å². The first kappa shape index (κ1) is 14.0. The highest BCUT2D eigenvalue weighted by atomic mass is 127. The van der Waals surface area contributed by atoms with Crippen molar-refractivity contribution in [2.24, 2.45) is 5.92 Å². The summed E-state index contributed by atoms with van der Waals surface area (Å²) in [5.41, 5.74) is 0.985. The van der Waals surface area contributed by atoms with Crippen LogP contribution in [0.5, 0.6) is 0 Å². The second-order valence-electron chi connectivity index (χ2n) is 5.59. The van der Waals surface area contributed by atoms with Crippen molar-refractivity contribution in [1.82, 2.24) is 9.97 Å². The van der Waals surface area contributed by atoms with Gasteiger partial charge in [-0.25, -0.2) is 4.98 Å². The molecule has 0 saturated heterocycles. The summed E-state index contributed by atoms with van der Waals surface area (Å²) in [6.07, 6.45) is 4.85. The van der Waals surface area contributed by atoms with Crippen molar-refractivity contribution in [1.29, 1.82) is 0 Å². The zero-order valence-electron chi connectivity index (χ0n) is 11.3. The average molecular weight is 360 g/mol. The van der Waals surface area contributed by atoms with E-state index in [9.17, 15) is 4.79 Å². The third-order valence-corrected chi connectivity index (χ3v) is 5.00. The van der Waals surface area contributed by atoms with E-state index in [1.54, 1.807) is 0 Å². The van der Waals surface area contributed by atoms with Gasteiger partial charge in [0.25, 0.3) is 5.56 Å². The van der Waals surface area contributed by atoms with E-state index in [1.165, 1.54) is 25.7 Å². The van der Waals surface area contributed by atoms with Crippen molar-refractivity contribution in [2.75, 3.05) is 0 Å². The van der Waals surface area contributed by atoms with Crippen LogP contribution in [0.25, 0.3) is 0 Å². The van der Waals surface area contributed by atoms with Crippen LogP contribution in [0.2, 0.25) is 0 Å². The van der Waals surface area contributed by atoms with Crippen LogP contribution < -0.4 is 5.56 Å². The molecule has 0 aromatic carbocycles. The van der Waals surface area contributed by atoms with Gasteiger partial charge in [0.15, 0.2) is 0 Å². The fourth-order valence-electron chi connectivity index (χ4n) is 2.76. The van der Waals surface area contributed by atoms with E-state index in [2.05, 4.69) is 48.3 Å². The van der Waals surface area contributed by atoms with E-state index in [4.69, 9.17) is 4.98 Å². The van der Waals surface area contributed by atoms with Gasteiger partial charge in [-0.05, 0) is 53.7 Å². The zero-order valence-corrected chi connectivity index (χ0v) is 13.5. The second-order valence-corrected chi connectivity index (χ2v) is 6.67. The topological polar surface area (TPSA) is 45.8 Å². The van der Waals surface area contributed by atoms with E-state index < -0.39 is 0 Å². The van der Waals surface area contributed by atoms with Crippen LogP contribution in [0.4, 0.5) is 0 Å². The number of nitrogens with one attached hydrogen (secondary N) is 1. The van der Waals surface area contributed by atoms with Gasteiger partial charge in [-0.1, -0.05) is 27.2 Å². The van der Waals surface area contributed by atoms with Gasteiger partial charge in [-0.2, -0.15) is 0 Å². The monoisotopic (exact) mass is 360 g/mol. The van der Waals surface area contributed by atoms with Gasteiger partial charge < -0.3 is 4.98 Å². The van der Waals surface area contributed by atoms with Crippen LogP contribution in [0.1, 0.15) is 69.8 Å². The molecule has 1 fully saturated rings. The lowest BCUT2D eigenvalue weighted by atomic mass is 10.0. The molecule has 2 unspecified atom stereocenters. The smallest absolute Gasteiger partial charge is 0.264 e. The molecule has 1 aliphatic rings. The molecule has 100 valence electrons. The van der Waals surface area contributed by atoms with Gasteiger partial charge in [0.2, 0.25) is 0 Å². The number of nitrogens with zero attached hydrogens (tertiary/aromatic N) is 1. The number of aromatic nitrogens is 2. The van der Waals surface area contributed by atoms with Crippen molar-refractivity contribution in [3.05, 3.63) is 25.4 Å². The molecule has 0 radical (unpaired) electrons. The Morgan fingerprint density at radius 2 is 2.17 bits per heavy atom.